The summed E-state index contributed by atoms with van der Waals surface area (Å²) in [4.78, 5) is 26.2. The summed E-state index contributed by atoms with van der Waals surface area (Å²) >= 11 is 0. The van der Waals surface area contributed by atoms with Gasteiger partial charge in [0.15, 0.2) is 0 Å². The number of anilines is 1. The third-order valence-electron chi connectivity index (χ3n) is 3.07. The molecule has 0 saturated heterocycles. The fourth-order valence-electron chi connectivity index (χ4n) is 1.82. The van der Waals surface area contributed by atoms with Crippen LogP contribution in [0.2, 0.25) is 0 Å². The van der Waals surface area contributed by atoms with Crippen LogP contribution in [0.5, 0.6) is 0 Å². The van der Waals surface area contributed by atoms with E-state index in [-0.39, 0.29) is 16.9 Å². The lowest BCUT2D eigenvalue weighted by molar-refractivity contribution is -0.383. The first-order valence-electron chi connectivity index (χ1n) is 6.20. The van der Waals surface area contributed by atoms with Gasteiger partial charge in [-0.15, -0.1) is 0 Å². The van der Waals surface area contributed by atoms with Gasteiger partial charge in [-0.3, -0.25) is 19.9 Å². The van der Waals surface area contributed by atoms with Gasteiger partial charge in [0.1, 0.15) is 5.69 Å². The van der Waals surface area contributed by atoms with Crippen LogP contribution in [0.25, 0.3) is 0 Å². The number of pyridine rings is 1. The molecule has 0 atom stereocenters. The van der Waals surface area contributed by atoms with Gasteiger partial charge in [0, 0.05) is 30.6 Å². The number of aryl methyl sites for hydroxylation is 1. The monoisotopic (exact) mass is 286 g/mol. The fourth-order valence-corrected chi connectivity index (χ4v) is 1.82. The number of amides is 1. The number of nitrogen functional groups attached to an aromatic ring is 1. The van der Waals surface area contributed by atoms with E-state index in [2.05, 4.69) is 10.3 Å². The first-order chi connectivity index (χ1) is 9.99. The summed E-state index contributed by atoms with van der Waals surface area (Å²) < 4.78 is 0. The van der Waals surface area contributed by atoms with Gasteiger partial charge in [-0.05, 0) is 36.2 Å². The number of nitro groups is 1. The molecule has 0 aliphatic carbocycles. The van der Waals surface area contributed by atoms with Gasteiger partial charge in [-0.25, -0.2) is 0 Å². The summed E-state index contributed by atoms with van der Waals surface area (Å²) in [7, 11) is 0. The molecule has 0 radical (unpaired) electrons. The van der Waals surface area contributed by atoms with Crippen LogP contribution in [-0.2, 0) is 6.54 Å². The van der Waals surface area contributed by atoms with Crippen LogP contribution >= 0.6 is 0 Å². The number of nitrogens with zero attached hydrogens (tertiary/aromatic N) is 2. The molecule has 108 valence electrons. The second-order valence-corrected chi connectivity index (χ2v) is 4.52. The summed E-state index contributed by atoms with van der Waals surface area (Å²) in [6.07, 6.45) is 3.35. The van der Waals surface area contributed by atoms with Gasteiger partial charge in [0.2, 0.25) is 0 Å². The number of nitrogens with one attached hydrogen (secondary N) is 1. The average molecular weight is 286 g/mol. The lowest BCUT2D eigenvalue weighted by Crippen LogP contribution is -2.23. The Hall–Kier alpha value is -2.96. The van der Waals surface area contributed by atoms with Crippen molar-refractivity contribution in [2.45, 2.75) is 13.5 Å². The Morgan fingerprint density at radius 1 is 1.43 bits per heavy atom. The molecule has 1 amide bonds. The Morgan fingerprint density at radius 2 is 2.19 bits per heavy atom. The number of carbonyl (C=O) groups is 1. The van der Waals surface area contributed by atoms with Crippen LogP contribution in [-0.4, -0.2) is 15.8 Å². The van der Waals surface area contributed by atoms with E-state index in [1.807, 2.05) is 6.92 Å². The number of nitrogens with two attached hydrogens (primary N) is 1. The molecule has 3 N–H and O–H groups in total. The van der Waals surface area contributed by atoms with E-state index in [1.54, 1.807) is 18.5 Å². The summed E-state index contributed by atoms with van der Waals surface area (Å²) in [5, 5.41) is 13.5. The first kappa shape index (κ1) is 14.4. The van der Waals surface area contributed by atoms with Crippen molar-refractivity contribution in [3.8, 4) is 0 Å². The Morgan fingerprint density at radius 3 is 2.86 bits per heavy atom. The minimum Gasteiger partial charge on any atom is -0.393 e. The molecule has 1 heterocycles. The SMILES string of the molecule is Cc1cnccc1CNC(=O)c1ccc(N)c([N+](=O)[O-])c1. The second kappa shape index (κ2) is 6.00. The van der Waals surface area contributed by atoms with Gasteiger partial charge in [0.05, 0.1) is 4.92 Å². The average Bonchev–Trinajstić information content (AvgIpc) is 2.46. The molecule has 1 aromatic heterocycles. The van der Waals surface area contributed by atoms with Crippen molar-refractivity contribution in [3.63, 3.8) is 0 Å². The highest BCUT2D eigenvalue weighted by atomic mass is 16.6. The Labute approximate surface area is 121 Å². The van der Waals surface area contributed by atoms with E-state index in [0.29, 0.717) is 6.54 Å². The highest BCUT2D eigenvalue weighted by Gasteiger charge is 2.15. The molecule has 0 unspecified atom stereocenters. The van der Waals surface area contributed by atoms with E-state index in [4.69, 9.17) is 5.73 Å². The molecular formula is C14H14N4O3. The second-order valence-electron chi connectivity index (χ2n) is 4.52. The molecular weight excluding hydrogens is 272 g/mol. The van der Waals surface area contributed by atoms with Gasteiger partial charge in [-0.1, -0.05) is 0 Å². The third-order valence-corrected chi connectivity index (χ3v) is 3.07. The van der Waals surface area contributed by atoms with E-state index in [9.17, 15) is 14.9 Å². The van der Waals surface area contributed by atoms with E-state index in [1.165, 1.54) is 18.2 Å². The summed E-state index contributed by atoms with van der Waals surface area (Å²) in [5.74, 6) is -0.394. The van der Waals surface area contributed by atoms with Crippen molar-refractivity contribution >= 4 is 17.3 Å². The molecule has 1 aromatic carbocycles. The largest absolute Gasteiger partial charge is 0.393 e. The number of hydrogen-bond acceptors (Lipinski definition) is 5. The van der Waals surface area contributed by atoms with Gasteiger partial charge >= 0.3 is 0 Å². The van der Waals surface area contributed by atoms with Crippen LogP contribution in [0.4, 0.5) is 11.4 Å². The van der Waals surface area contributed by atoms with Crippen LogP contribution in [0.3, 0.4) is 0 Å². The Bertz CT molecular complexity index is 700. The minimum absolute atomic E-state index is 0.0292. The quantitative estimate of drug-likeness (QED) is 0.506. The summed E-state index contributed by atoms with van der Waals surface area (Å²) in [6.45, 7) is 2.22. The molecule has 0 aliphatic rings. The molecule has 0 fully saturated rings. The normalized spacial score (nSPS) is 10.1. The zero-order chi connectivity index (χ0) is 15.4. The predicted octanol–water partition coefficient (Wildman–Crippen LogP) is 1.81. The molecule has 0 spiro atoms. The van der Waals surface area contributed by atoms with Crippen molar-refractivity contribution < 1.29 is 9.72 Å². The topological polar surface area (TPSA) is 111 Å². The molecule has 0 saturated carbocycles. The summed E-state index contributed by atoms with van der Waals surface area (Å²) in [5.41, 5.74) is 7.34. The van der Waals surface area contributed by atoms with E-state index in [0.717, 1.165) is 11.1 Å². The smallest absolute Gasteiger partial charge is 0.292 e. The van der Waals surface area contributed by atoms with Crippen LogP contribution in [0.15, 0.2) is 36.7 Å². The molecule has 7 heteroatoms. The Kier molecular flexibility index (Phi) is 4.13. The van der Waals surface area contributed by atoms with Crippen molar-refractivity contribution in [2.24, 2.45) is 0 Å². The predicted molar refractivity (Wildman–Crippen MR) is 77.7 cm³/mol. The van der Waals surface area contributed by atoms with Gasteiger partial charge in [-0.2, -0.15) is 0 Å². The lowest BCUT2D eigenvalue weighted by Gasteiger charge is -2.08. The highest BCUT2D eigenvalue weighted by Crippen LogP contribution is 2.22. The highest BCUT2D eigenvalue weighted by molar-refractivity contribution is 5.95. The Balaban J connectivity index is 2.12. The van der Waals surface area contributed by atoms with Crippen LogP contribution in [0, 0.1) is 17.0 Å². The van der Waals surface area contributed by atoms with E-state index < -0.39 is 10.8 Å². The van der Waals surface area contributed by atoms with Crippen molar-refractivity contribution in [3.05, 3.63) is 63.5 Å². The summed E-state index contributed by atoms with van der Waals surface area (Å²) in [6, 6.07) is 5.78. The molecule has 2 aromatic rings. The number of rotatable bonds is 4. The maximum absolute atomic E-state index is 12.0. The zero-order valence-electron chi connectivity index (χ0n) is 11.4. The van der Waals surface area contributed by atoms with Crippen molar-refractivity contribution in [1.29, 1.82) is 0 Å². The standard InChI is InChI=1S/C14H14N4O3/c1-9-7-16-5-4-11(9)8-17-14(19)10-2-3-12(15)13(6-10)18(20)21/h2-7H,8,15H2,1H3,(H,17,19). The van der Waals surface area contributed by atoms with Crippen molar-refractivity contribution in [2.75, 3.05) is 5.73 Å². The maximum atomic E-state index is 12.0. The molecule has 2 rings (SSSR count). The number of nitro benzene ring substituents is 1. The fraction of sp³-hybridized carbons (Fsp3) is 0.143. The third kappa shape index (κ3) is 3.33. The molecule has 0 aliphatic heterocycles. The van der Waals surface area contributed by atoms with Crippen LogP contribution in [0.1, 0.15) is 21.5 Å². The van der Waals surface area contributed by atoms with Gasteiger partial charge in [0.25, 0.3) is 11.6 Å². The lowest BCUT2D eigenvalue weighted by atomic mass is 10.1. The van der Waals surface area contributed by atoms with Crippen molar-refractivity contribution in [1.82, 2.24) is 10.3 Å². The molecule has 7 nitrogen and oxygen atoms in total. The number of carbonyl (C=O) groups excluding carboxylic acids is 1. The van der Waals surface area contributed by atoms with Gasteiger partial charge < -0.3 is 11.1 Å². The zero-order valence-corrected chi connectivity index (χ0v) is 11.4. The first-order valence-corrected chi connectivity index (χ1v) is 6.20. The maximum Gasteiger partial charge on any atom is 0.292 e. The number of benzene rings is 1. The van der Waals surface area contributed by atoms with E-state index >= 15 is 0 Å². The minimum atomic E-state index is -0.612. The van der Waals surface area contributed by atoms with Crippen LogP contribution < -0.4 is 11.1 Å². The molecule has 21 heavy (non-hydrogen) atoms. The number of aromatic nitrogens is 1. The molecule has 0 bridgehead atoms. The number of hydrogen-bond donors (Lipinski definition) is 2.